The molecule has 1 amide bonds. The molecule has 1 aliphatic rings. The highest BCUT2D eigenvalue weighted by atomic mass is 35.5. The van der Waals surface area contributed by atoms with E-state index in [2.05, 4.69) is 19.8 Å². The molecule has 100 valence electrons. The molecule has 3 heterocycles. The molecular weight excluding hydrogens is 304 g/mol. The van der Waals surface area contributed by atoms with Crippen molar-refractivity contribution < 1.29 is 4.79 Å². The van der Waals surface area contributed by atoms with Crippen LogP contribution in [-0.2, 0) is 11.3 Å². The number of hydrogen-bond donors (Lipinski definition) is 1. The van der Waals surface area contributed by atoms with Crippen LogP contribution >= 0.6 is 34.5 Å². The standard InChI is InChI=1S/C11H11ClN4OS2/c12-10-7(14-15-19-10)6-16-4-3-13-11(17)9(16)8-2-1-5-18-8/h1-2,5,9H,3-4,6H2,(H,13,17). The van der Waals surface area contributed by atoms with Crippen LogP contribution in [0.3, 0.4) is 0 Å². The molecular formula is C11H11ClN4OS2. The van der Waals surface area contributed by atoms with Gasteiger partial charge in [-0.1, -0.05) is 22.2 Å². The lowest BCUT2D eigenvalue weighted by Gasteiger charge is -2.33. The molecule has 0 saturated carbocycles. The molecule has 0 spiro atoms. The smallest absolute Gasteiger partial charge is 0.242 e. The number of thiophene rings is 1. The number of aromatic nitrogens is 2. The van der Waals surface area contributed by atoms with Gasteiger partial charge in [0.05, 0.1) is 0 Å². The lowest BCUT2D eigenvalue weighted by molar-refractivity contribution is -0.129. The van der Waals surface area contributed by atoms with Crippen molar-refractivity contribution in [1.29, 1.82) is 0 Å². The average Bonchev–Trinajstić information content (AvgIpc) is 3.03. The molecule has 1 N–H and O–H groups in total. The van der Waals surface area contributed by atoms with Gasteiger partial charge in [0, 0.05) is 36.0 Å². The van der Waals surface area contributed by atoms with E-state index in [1.807, 2.05) is 17.5 Å². The van der Waals surface area contributed by atoms with E-state index in [-0.39, 0.29) is 11.9 Å². The molecule has 1 aliphatic heterocycles. The molecule has 3 rings (SSSR count). The number of nitrogens with zero attached hydrogens (tertiary/aromatic N) is 3. The third-order valence-corrected chi connectivity index (χ3v) is 4.90. The number of amides is 1. The van der Waals surface area contributed by atoms with E-state index in [0.717, 1.165) is 17.1 Å². The molecule has 0 bridgehead atoms. The number of carbonyl (C=O) groups is 1. The molecule has 1 unspecified atom stereocenters. The van der Waals surface area contributed by atoms with Crippen LogP contribution in [0.25, 0.3) is 0 Å². The van der Waals surface area contributed by atoms with Crippen LogP contribution in [-0.4, -0.2) is 33.5 Å². The van der Waals surface area contributed by atoms with Crippen LogP contribution < -0.4 is 5.32 Å². The maximum atomic E-state index is 12.1. The SMILES string of the molecule is O=C1NCCN(Cc2nnsc2Cl)C1c1cccs1. The van der Waals surface area contributed by atoms with Crippen LogP contribution in [0.4, 0.5) is 0 Å². The first-order chi connectivity index (χ1) is 9.25. The lowest BCUT2D eigenvalue weighted by atomic mass is 10.1. The fraction of sp³-hybridized carbons (Fsp3) is 0.364. The summed E-state index contributed by atoms with van der Waals surface area (Å²) < 4.78 is 4.42. The molecule has 5 nitrogen and oxygen atoms in total. The van der Waals surface area contributed by atoms with Gasteiger partial charge in [0.25, 0.3) is 0 Å². The second kappa shape index (κ2) is 5.54. The zero-order valence-corrected chi connectivity index (χ0v) is 12.3. The van der Waals surface area contributed by atoms with Crippen molar-refractivity contribution in [1.82, 2.24) is 19.8 Å². The van der Waals surface area contributed by atoms with Gasteiger partial charge in [-0.15, -0.1) is 16.4 Å². The maximum Gasteiger partial charge on any atom is 0.242 e. The zero-order chi connectivity index (χ0) is 13.2. The topological polar surface area (TPSA) is 58.1 Å². The minimum atomic E-state index is -0.258. The van der Waals surface area contributed by atoms with Crippen molar-refractivity contribution in [3.8, 4) is 0 Å². The van der Waals surface area contributed by atoms with Gasteiger partial charge in [0.2, 0.25) is 5.91 Å². The Kier molecular flexibility index (Phi) is 3.79. The van der Waals surface area contributed by atoms with Gasteiger partial charge in [0.1, 0.15) is 16.1 Å². The number of rotatable bonds is 3. The number of nitrogens with one attached hydrogen (secondary N) is 1. The summed E-state index contributed by atoms with van der Waals surface area (Å²) >= 11 is 8.79. The zero-order valence-electron chi connectivity index (χ0n) is 9.88. The van der Waals surface area contributed by atoms with Crippen molar-refractivity contribution in [3.63, 3.8) is 0 Å². The summed E-state index contributed by atoms with van der Waals surface area (Å²) in [7, 11) is 0. The third-order valence-electron chi connectivity index (χ3n) is 2.99. The Morgan fingerprint density at radius 2 is 2.47 bits per heavy atom. The van der Waals surface area contributed by atoms with Crippen molar-refractivity contribution in [2.24, 2.45) is 0 Å². The fourth-order valence-corrected chi connectivity index (χ4v) is 3.59. The van der Waals surface area contributed by atoms with E-state index >= 15 is 0 Å². The molecule has 1 saturated heterocycles. The van der Waals surface area contributed by atoms with E-state index in [1.165, 1.54) is 11.5 Å². The van der Waals surface area contributed by atoms with Crippen molar-refractivity contribution >= 4 is 40.4 Å². The average molecular weight is 315 g/mol. The first kappa shape index (κ1) is 13.0. The lowest BCUT2D eigenvalue weighted by Crippen LogP contribution is -2.49. The first-order valence-electron chi connectivity index (χ1n) is 5.77. The van der Waals surface area contributed by atoms with Gasteiger partial charge in [0.15, 0.2) is 0 Å². The minimum absolute atomic E-state index is 0.0352. The minimum Gasteiger partial charge on any atom is -0.353 e. The predicted molar refractivity (Wildman–Crippen MR) is 75.4 cm³/mol. The molecule has 2 aromatic rings. The summed E-state index contributed by atoms with van der Waals surface area (Å²) in [5.41, 5.74) is 0.739. The Bertz CT molecular complexity index is 571. The molecule has 8 heteroatoms. The first-order valence-corrected chi connectivity index (χ1v) is 7.80. The van der Waals surface area contributed by atoms with E-state index in [9.17, 15) is 4.79 Å². The molecule has 0 radical (unpaired) electrons. The molecule has 19 heavy (non-hydrogen) atoms. The van der Waals surface area contributed by atoms with Crippen LogP contribution in [0.5, 0.6) is 0 Å². The van der Waals surface area contributed by atoms with Gasteiger partial charge in [-0.25, -0.2) is 0 Å². The second-order valence-electron chi connectivity index (χ2n) is 4.17. The van der Waals surface area contributed by atoms with E-state index in [0.29, 0.717) is 17.4 Å². The van der Waals surface area contributed by atoms with Crippen LogP contribution in [0, 0.1) is 0 Å². The summed E-state index contributed by atoms with van der Waals surface area (Å²) in [6.07, 6.45) is 0. The van der Waals surface area contributed by atoms with Crippen LogP contribution in [0.2, 0.25) is 4.34 Å². The molecule has 2 aromatic heterocycles. The van der Waals surface area contributed by atoms with Gasteiger partial charge < -0.3 is 5.32 Å². The van der Waals surface area contributed by atoms with Crippen molar-refractivity contribution in [3.05, 3.63) is 32.4 Å². The van der Waals surface area contributed by atoms with Crippen LogP contribution in [0.1, 0.15) is 16.6 Å². The number of halogens is 1. The number of carbonyl (C=O) groups excluding carboxylic acids is 1. The Morgan fingerprint density at radius 1 is 1.58 bits per heavy atom. The Balaban J connectivity index is 1.85. The second-order valence-corrected chi connectivity index (χ2v) is 6.51. The normalized spacial score (nSPS) is 20.5. The molecule has 1 atom stereocenters. The van der Waals surface area contributed by atoms with Gasteiger partial charge in [-0.2, -0.15) is 0 Å². The highest BCUT2D eigenvalue weighted by molar-refractivity contribution is 7.10. The molecule has 0 aromatic carbocycles. The summed E-state index contributed by atoms with van der Waals surface area (Å²) in [5.74, 6) is 0.0352. The van der Waals surface area contributed by atoms with E-state index in [4.69, 9.17) is 11.6 Å². The van der Waals surface area contributed by atoms with Crippen LogP contribution in [0.15, 0.2) is 17.5 Å². The monoisotopic (exact) mass is 314 g/mol. The highest BCUT2D eigenvalue weighted by Crippen LogP contribution is 2.29. The van der Waals surface area contributed by atoms with Gasteiger partial charge in [-0.05, 0) is 11.4 Å². The van der Waals surface area contributed by atoms with Crippen molar-refractivity contribution in [2.45, 2.75) is 12.6 Å². The Labute approximate surface area is 123 Å². The predicted octanol–water partition coefficient (Wildman–Crippen LogP) is 1.93. The number of hydrogen-bond acceptors (Lipinski definition) is 6. The molecule has 1 fully saturated rings. The third kappa shape index (κ3) is 2.64. The van der Waals surface area contributed by atoms with Gasteiger partial charge in [-0.3, -0.25) is 9.69 Å². The molecule has 0 aliphatic carbocycles. The number of piperazine rings is 1. The quantitative estimate of drug-likeness (QED) is 0.940. The van der Waals surface area contributed by atoms with E-state index in [1.54, 1.807) is 11.3 Å². The Hall–Kier alpha value is -1.02. The van der Waals surface area contributed by atoms with Gasteiger partial charge >= 0.3 is 0 Å². The summed E-state index contributed by atoms with van der Waals surface area (Å²) in [5, 5.41) is 8.90. The fourth-order valence-electron chi connectivity index (χ4n) is 2.12. The largest absolute Gasteiger partial charge is 0.353 e. The Morgan fingerprint density at radius 3 is 3.16 bits per heavy atom. The summed E-state index contributed by atoms with van der Waals surface area (Å²) in [4.78, 5) is 15.2. The highest BCUT2D eigenvalue weighted by Gasteiger charge is 2.32. The van der Waals surface area contributed by atoms with Crippen molar-refractivity contribution in [2.75, 3.05) is 13.1 Å². The maximum absolute atomic E-state index is 12.1. The van der Waals surface area contributed by atoms with E-state index < -0.39 is 0 Å². The summed E-state index contributed by atoms with van der Waals surface area (Å²) in [6, 6.07) is 3.68. The summed E-state index contributed by atoms with van der Waals surface area (Å²) in [6.45, 7) is 1.98.